The molecule has 0 aromatic heterocycles. The third-order valence-electron chi connectivity index (χ3n) is 4.52. The molecule has 0 spiro atoms. The first-order valence-electron chi connectivity index (χ1n) is 8.84. The Morgan fingerprint density at radius 1 is 0.862 bits per heavy atom. The number of hydrogen-bond acceptors (Lipinski definition) is 5. The highest BCUT2D eigenvalue weighted by Gasteiger charge is 2.21. The largest absolute Gasteiger partial charge is 0.493 e. The molecule has 3 aromatic rings. The van der Waals surface area contributed by atoms with Gasteiger partial charge in [0.1, 0.15) is 0 Å². The van der Waals surface area contributed by atoms with Gasteiger partial charge in [-0.15, -0.1) is 0 Å². The molecule has 0 saturated carbocycles. The summed E-state index contributed by atoms with van der Waals surface area (Å²) in [7, 11) is 4.66. The van der Waals surface area contributed by atoms with Gasteiger partial charge in [0.25, 0.3) is 0 Å². The Kier molecular flexibility index (Phi) is 6.70. The van der Waals surface area contributed by atoms with E-state index >= 15 is 0 Å². The van der Waals surface area contributed by atoms with Crippen LogP contribution >= 0.6 is 31.9 Å². The van der Waals surface area contributed by atoms with Gasteiger partial charge in [-0.05, 0) is 65.2 Å². The van der Waals surface area contributed by atoms with Crippen LogP contribution in [0.1, 0.15) is 17.3 Å². The van der Waals surface area contributed by atoms with Gasteiger partial charge in [0, 0.05) is 8.95 Å². The highest BCUT2D eigenvalue weighted by molar-refractivity contribution is 9.11. The molecule has 0 aliphatic rings. The maximum absolute atomic E-state index is 12.8. The first kappa shape index (κ1) is 21.5. The molecular formula is C22H20Br2O5. The van der Waals surface area contributed by atoms with E-state index < -0.39 is 5.97 Å². The zero-order valence-electron chi connectivity index (χ0n) is 16.5. The van der Waals surface area contributed by atoms with Crippen molar-refractivity contribution in [3.8, 4) is 28.4 Å². The second kappa shape index (κ2) is 9.05. The van der Waals surface area contributed by atoms with Crippen molar-refractivity contribution in [3.05, 3.63) is 50.9 Å². The molecule has 0 fully saturated rings. The fourth-order valence-corrected chi connectivity index (χ4v) is 4.09. The molecule has 0 heterocycles. The summed E-state index contributed by atoms with van der Waals surface area (Å²) >= 11 is 7.17. The maximum Gasteiger partial charge on any atom is 0.338 e. The lowest BCUT2D eigenvalue weighted by Crippen LogP contribution is -2.07. The van der Waals surface area contributed by atoms with Gasteiger partial charge in [-0.3, -0.25) is 0 Å². The van der Waals surface area contributed by atoms with Gasteiger partial charge in [0.05, 0.1) is 33.5 Å². The number of halogens is 2. The van der Waals surface area contributed by atoms with Crippen molar-refractivity contribution in [2.24, 2.45) is 0 Å². The second-order valence-corrected chi connectivity index (χ2v) is 7.82. The van der Waals surface area contributed by atoms with Crippen LogP contribution in [0.25, 0.3) is 21.9 Å². The monoisotopic (exact) mass is 522 g/mol. The minimum absolute atomic E-state index is 0.283. The molecule has 152 valence electrons. The molecule has 7 heteroatoms. The van der Waals surface area contributed by atoms with Gasteiger partial charge in [0.2, 0.25) is 5.75 Å². The Morgan fingerprint density at radius 2 is 1.41 bits per heavy atom. The van der Waals surface area contributed by atoms with E-state index in [2.05, 4.69) is 31.9 Å². The quantitative estimate of drug-likeness (QED) is 0.358. The van der Waals surface area contributed by atoms with Gasteiger partial charge in [-0.1, -0.05) is 31.9 Å². The topological polar surface area (TPSA) is 54.0 Å². The smallest absolute Gasteiger partial charge is 0.338 e. The molecule has 5 nitrogen and oxygen atoms in total. The molecule has 0 unspecified atom stereocenters. The first-order chi connectivity index (χ1) is 13.9. The number of rotatable bonds is 6. The maximum atomic E-state index is 12.8. The van der Waals surface area contributed by atoms with Crippen molar-refractivity contribution in [1.82, 2.24) is 0 Å². The molecule has 29 heavy (non-hydrogen) atoms. The van der Waals surface area contributed by atoms with Gasteiger partial charge in [0.15, 0.2) is 11.5 Å². The van der Waals surface area contributed by atoms with Crippen molar-refractivity contribution in [2.45, 2.75) is 6.92 Å². The summed E-state index contributed by atoms with van der Waals surface area (Å²) in [4.78, 5) is 12.8. The Labute approximate surface area is 186 Å². The average molecular weight is 524 g/mol. The molecule has 0 aliphatic heterocycles. The van der Waals surface area contributed by atoms with E-state index in [9.17, 15) is 4.79 Å². The van der Waals surface area contributed by atoms with Crippen LogP contribution in [-0.2, 0) is 4.74 Å². The van der Waals surface area contributed by atoms with Gasteiger partial charge < -0.3 is 18.9 Å². The summed E-state index contributed by atoms with van der Waals surface area (Å²) in [5.74, 6) is 1.10. The fourth-order valence-electron chi connectivity index (χ4n) is 3.17. The van der Waals surface area contributed by atoms with Gasteiger partial charge in [-0.25, -0.2) is 4.79 Å². The molecule has 3 rings (SSSR count). The highest BCUT2D eigenvalue weighted by atomic mass is 79.9. The third kappa shape index (κ3) is 4.07. The van der Waals surface area contributed by atoms with Crippen molar-refractivity contribution < 1.29 is 23.7 Å². The lowest BCUT2D eigenvalue weighted by molar-refractivity contribution is 0.0527. The molecule has 0 radical (unpaired) electrons. The standard InChI is InChI=1S/C22H20Br2O5/c1-5-29-22(25)16-11-15-14(17(23)6-7-18(15)24)10-13(16)12-8-19(26-2)21(28-4)20(9-12)27-3/h6-11H,5H2,1-4H3. The summed E-state index contributed by atoms with van der Waals surface area (Å²) in [5.41, 5.74) is 1.90. The van der Waals surface area contributed by atoms with E-state index in [0.717, 1.165) is 25.3 Å². The average Bonchev–Trinajstić information content (AvgIpc) is 2.74. The summed E-state index contributed by atoms with van der Waals surface area (Å²) < 4.78 is 23.5. The number of methoxy groups -OCH3 is 3. The SMILES string of the molecule is CCOC(=O)c1cc2c(Br)ccc(Br)c2cc1-c1cc(OC)c(OC)c(OC)c1. The zero-order valence-corrected chi connectivity index (χ0v) is 19.6. The Morgan fingerprint density at radius 3 is 1.90 bits per heavy atom. The third-order valence-corrected chi connectivity index (χ3v) is 5.90. The minimum Gasteiger partial charge on any atom is -0.493 e. The van der Waals surface area contributed by atoms with Gasteiger partial charge >= 0.3 is 5.97 Å². The van der Waals surface area contributed by atoms with E-state index in [1.807, 2.05) is 36.4 Å². The summed E-state index contributed by atoms with van der Waals surface area (Å²) in [6.07, 6.45) is 0. The number of ether oxygens (including phenoxy) is 4. The molecule has 0 atom stereocenters. The van der Waals surface area contributed by atoms with E-state index in [1.165, 1.54) is 0 Å². The number of esters is 1. The number of carbonyl (C=O) groups is 1. The minimum atomic E-state index is -0.398. The summed E-state index contributed by atoms with van der Waals surface area (Å²) in [6, 6.07) is 11.3. The van der Waals surface area contributed by atoms with E-state index in [1.54, 1.807) is 28.3 Å². The van der Waals surface area contributed by atoms with Crippen LogP contribution in [0.5, 0.6) is 17.2 Å². The van der Waals surface area contributed by atoms with Crippen molar-refractivity contribution in [3.63, 3.8) is 0 Å². The molecule has 0 bridgehead atoms. The van der Waals surface area contributed by atoms with Crippen LogP contribution in [0.4, 0.5) is 0 Å². The van der Waals surface area contributed by atoms with Crippen LogP contribution in [-0.4, -0.2) is 33.9 Å². The predicted molar refractivity (Wildman–Crippen MR) is 120 cm³/mol. The molecular weight excluding hydrogens is 504 g/mol. The molecule has 0 aliphatic carbocycles. The summed E-state index contributed by atoms with van der Waals surface area (Å²) in [6.45, 7) is 2.07. The van der Waals surface area contributed by atoms with Crippen LogP contribution < -0.4 is 14.2 Å². The molecule has 0 saturated heterocycles. The molecule has 0 N–H and O–H groups in total. The Balaban J connectivity index is 2.37. The number of carbonyl (C=O) groups excluding carboxylic acids is 1. The second-order valence-electron chi connectivity index (χ2n) is 6.11. The van der Waals surface area contributed by atoms with Crippen LogP contribution in [0.2, 0.25) is 0 Å². The lowest BCUT2D eigenvalue weighted by atomic mass is 9.95. The van der Waals surface area contributed by atoms with Crippen LogP contribution in [0.3, 0.4) is 0 Å². The lowest BCUT2D eigenvalue weighted by Gasteiger charge is -2.17. The van der Waals surface area contributed by atoms with E-state index in [0.29, 0.717) is 28.4 Å². The Bertz CT molecular complexity index is 1050. The van der Waals surface area contributed by atoms with Crippen molar-refractivity contribution in [1.29, 1.82) is 0 Å². The number of benzene rings is 3. The van der Waals surface area contributed by atoms with E-state index in [4.69, 9.17) is 18.9 Å². The normalized spacial score (nSPS) is 10.7. The fraction of sp³-hybridized carbons (Fsp3) is 0.227. The van der Waals surface area contributed by atoms with E-state index in [-0.39, 0.29) is 6.61 Å². The van der Waals surface area contributed by atoms with Gasteiger partial charge in [-0.2, -0.15) is 0 Å². The number of fused-ring (bicyclic) bond motifs is 1. The van der Waals surface area contributed by atoms with Crippen molar-refractivity contribution in [2.75, 3.05) is 27.9 Å². The van der Waals surface area contributed by atoms with Crippen LogP contribution in [0, 0.1) is 0 Å². The molecule has 0 amide bonds. The predicted octanol–water partition coefficient (Wildman–Crippen LogP) is 6.23. The first-order valence-corrected chi connectivity index (χ1v) is 10.4. The van der Waals surface area contributed by atoms with Crippen LogP contribution in [0.15, 0.2) is 45.3 Å². The summed E-state index contributed by atoms with van der Waals surface area (Å²) in [5, 5.41) is 1.86. The number of hydrogen-bond donors (Lipinski definition) is 0. The Hall–Kier alpha value is -2.25. The highest BCUT2D eigenvalue weighted by Crippen LogP contribution is 2.43. The van der Waals surface area contributed by atoms with Crippen molar-refractivity contribution >= 4 is 48.6 Å². The zero-order chi connectivity index (χ0) is 21.1. The molecule has 3 aromatic carbocycles.